The zero-order chi connectivity index (χ0) is 12.5. The maximum absolute atomic E-state index is 3.79. The fourth-order valence-electron chi connectivity index (χ4n) is 4.66. The second kappa shape index (κ2) is 5.13. The van der Waals surface area contributed by atoms with Crippen LogP contribution in [-0.2, 0) is 0 Å². The topological polar surface area (TPSA) is 15.3 Å². The Morgan fingerprint density at radius 3 is 2.22 bits per heavy atom. The third-order valence-corrected chi connectivity index (χ3v) is 6.12. The molecule has 0 aromatic carbocycles. The van der Waals surface area contributed by atoms with Gasteiger partial charge < -0.3 is 10.2 Å². The zero-order valence-corrected chi connectivity index (χ0v) is 12.1. The molecular weight excluding hydrogens is 220 g/mol. The van der Waals surface area contributed by atoms with Crippen LogP contribution in [0.2, 0.25) is 0 Å². The molecule has 104 valence electrons. The van der Waals surface area contributed by atoms with Crippen molar-refractivity contribution in [2.75, 3.05) is 26.2 Å². The van der Waals surface area contributed by atoms with Gasteiger partial charge in [-0.2, -0.15) is 0 Å². The minimum atomic E-state index is 0.459. The van der Waals surface area contributed by atoms with Gasteiger partial charge in [-0.05, 0) is 70.0 Å². The molecule has 1 spiro atoms. The lowest BCUT2D eigenvalue weighted by Crippen LogP contribution is -2.52. The molecule has 0 radical (unpaired) electrons. The Balaban J connectivity index is 1.53. The Morgan fingerprint density at radius 2 is 1.67 bits per heavy atom. The first-order chi connectivity index (χ1) is 8.76. The predicted molar refractivity (Wildman–Crippen MR) is 76.8 cm³/mol. The molecule has 1 unspecified atom stereocenters. The van der Waals surface area contributed by atoms with Gasteiger partial charge in [0.1, 0.15) is 0 Å². The van der Waals surface area contributed by atoms with Gasteiger partial charge in [-0.1, -0.05) is 19.8 Å². The highest BCUT2D eigenvalue weighted by atomic mass is 15.2. The highest BCUT2D eigenvalue weighted by Gasteiger charge is 2.39. The lowest BCUT2D eigenvalue weighted by atomic mass is 9.76. The third-order valence-electron chi connectivity index (χ3n) is 6.12. The molecule has 0 aromatic rings. The molecule has 3 fully saturated rings. The van der Waals surface area contributed by atoms with E-state index in [4.69, 9.17) is 0 Å². The highest BCUT2D eigenvalue weighted by Crippen LogP contribution is 2.46. The number of nitrogens with zero attached hydrogens (tertiary/aromatic N) is 1. The second-order valence-corrected chi connectivity index (χ2v) is 7.15. The van der Waals surface area contributed by atoms with Gasteiger partial charge in [-0.15, -0.1) is 0 Å². The van der Waals surface area contributed by atoms with Crippen molar-refractivity contribution in [2.45, 2.75) is 70.3 Å². The Hall–Kier alpha value is -0.0800. The van der Waals surface area contributed by atoms with E-state index in [0.717, 1.165) is 5.41 Å². The van der Waals surface area contributed by atoms with Crippen LogP contribution in [0.5, 0.6) is 0 Å². The van der Waals surface area contributed by atoms with E-state index in [1.54, 1.807) is 0 Å². The van der Waals surface area contributed by atoms with E-state index in [1.165, 1.54) is 84.0 Å². The number of likely N-dealkylation sites (tertiary alicyclic amines) is 1. The summed E-state index contributed by atoms with van der Waals surface area (Å²) in [4.78, 5) is 2.76. The van der Waals surface area contributed by atoms with Gasteiger partial charge in [0.25, 0.3) is 0 Å². The summed E-state index contributed by atoms with van der Waals surface area (Å²) in [6, 6.07) is 0. The van der Waals surface area contributed by atoms with Crippen LogP contribution >= 0.6 is 0 Å². The van der Waals surface area contributed by atoms with E-state index in [1.807, 2.05) is 0 Å². The maximum Gasteiger partial charge on any atom is 0.0306 e. The molecule has 2 aliphatic heterocycles. The van der Waals surface area contributed by atoms with Gasteiger partial charge in [0.15, 0.2) is 0 Å². The minimum absolute atomic E-state index is 0.459. The van der Waals surface area contributed by atoms with Gasteiger partial charge in [-0.25, -0.2) is 0 Å². The molecule has 3 aliphatic rings. The standard InChI is InChI=1S/C16H30N2/c1-2-16(8-5-11-17-16)14-18-12-9-15(10-13-18)6-3-4-7-15/h17H,2-14H2,1H3. The van der Waals surface area contributed by atoms with Crippen molar-refractivity contribution in [1.82, 2.24) is 10.2 Å². The van der Waals surface area contributed by atoms with Crippen LogP contribution in [0.25, 0.3) is 0 Å². The average Bonchev–Trinajstić information content (AvgIpc) is 3.03. The number of hydrogen-bond acceptors (Lipinski definition) is 2. The molecule has 2 nitrogen and oxygen atoms in total. The number of rotatable bonds is 3. The van der Waals surface area contributed by atoms with Gasteiger partial charge in [0.2, 0.25) is 0 Å². The van der Waals surface area contributed by atoms with Crippen molar-refractivity contribution in [2.24, 2.45) is 5.41 Å². The van der Waals surface area contributed by atoms with Crippen molar-refractivity contribution >= 4 is 0 Å². The first kappa shape index (κ1) is 12.9. The Labute approximate surface area is 113 Å². The molecule has 18 heavy (non-hydrogen) atoms. The van der Waals surface area contributed by atoms with Crippen molar-refractivity contribution < 1.29 is 0 Å². The fourth-order valence-corrected chi connectivity index (χ4v) is 4.66. The molecule has 1 saturated carbocycles. The molecular formula is C16H30N2. The summed E-state index contributed by atoms with van der Waals surface area (Å²) < 4.78 is 0. The number of nitrogens with one attached hydrogen (secondary N) is 1. The average molecular weight is 250 g/mol. The Morgan fingerprint density at radius 1 is 0.944 bits per heavy atom. The summed E-state index contributed by atoms with van der Waals surface area (Å²) in [6.45, 7) is 7.64. The molecule has 1 aliphatic carbocycles. The normalized spacial score (nSPS) is 36.5. The molecule has 0 bridgehead atoms. The van der Waals surface area contributed by atoms with E-state index in [2.05, 4.69) is 17.1 Å². The molecule has 1 atom stereocenters. The molecule has 2 heteroatoms. The Kier molecular flexibility index (Phi) is 3.68. The van der Waals surface area contributed by atoms with Gasteiger partial charge in [0.05, 0.1) is 0 Å². The molecule has 1 N–H and O–H groups in total. The molecule has 3 rings (SSSR count). The molecule has 0 amide bonds. The summed E-state index contributed by atoms with van der Waals surface area (Å²) in [5.41, 5.74) is 1.24. The summed E-state index contributed by atoms with van der Waals surface area (Å²) in [7, 11) is 0. The SMILES string of the molecule is CCC1(CN2CCC3(CCCC3)CC2)CCCN1. The molecule has 2 saturated heterocycles. The van der Waals surface area contributed by atoms with Crippen LogP contribution in [0.3, 0.4) is 0 Å². The van der Waals surface area contributed by atoms with Crippen molar-refractivity contribution in [3.8, 4) is 0 Å². The van der Waals surface area contributed by atoms with Crippen LogP contribution < -0.4 is 5.32 Å². The number of hydrogen-bond donors (Lipinski definition) is 1. The van der Waals surface area contributed by atoms with E-state index in [-0.39, 0.29) is 0 Å². The summed E-state index contributed by atoms with van der Waals surface area (Å²) in [5, 5.41) is 3.79. The van der Waals surface area contributed by atoms with Gasteiger partial charge in [0, 0.05) is 12.1 Å². The van der Waals surface area contributed by atoms with E-state index in [0.29, 0.717) is 5.54 Å². The lowest BCUT2D eigenvalue weighted by molar-refractivity contribution is 0.0841. The Bertz CT molecular complexity index is 265. The maximum atomic E-state index is 3.79. The predicted octanol–water partition coefficient (Wildman–Crippen LogP) is 3.17. The smallest absolute Gasteiger partial charge is 0.0306 e. The van der Waals surface area contributed by atoms with Gasteiger partial charge >= 0.3 is 0 Å². The molecule has 0 aromatic heterocycles. The third kappa shape index (κ3) is 2.46. The largest absolute Gasteiger partial charge is 0.310 e. The second-order valence-electron chi connectivity index (χ2n) is 7.15. The van der Waals surface area contributed by atoms with Crippen LogP contribution in [0.15, 0.2) is 0 Å². The van der Waals surface area contributed by atoms with Crippen LogP contribution in [0, 0.1) is 5.41 Å². The molecule has 2 heterocycles. The first-order valence-corrected chi connectivity index (χ1v) is 8.23. The zero-order valence-electron chi connectivity index (χ0n) is 12.1. The summed E-state index contributed by atoms with van der Waals surface area (Å²) in [6.07, 6.45) is 13.1. The van der Waals surface area contributed by atoms with Crippen molar-refractivity contribution in [3.63, 3.8) is 0 Å². The summed E-state index contributed by atoms with van der Waals surface area (Å²) in [5.74, 6) is 0. The monoisotopic (exact) mass is 250 g/mol. The van der Waals surface area contributed by atoms with Crippen molar-refractivity contribution in [3.05, 3.63) is 0 Å². The number of piperidine rings is 1. The van der Waals surface area contributed by atoms with Crippen LogP contribution in [0.4, 0.5) is 0 Å². The fraction of sp³-hybridized carbons (Fsp3) is 1.00. The van der Waals surface area contributed by atoms with Gasteiger partial charge in [-0.3, -0.25) is 0 Å². The highest BCUT2D eigenvalue weighted by molar-refractivity contribution is 4.97. The van der Waals surface area contributed by atoms with E-state index in [9.17, 15) is 0 Å². The van der Waals surface area contributed by atoms with Crippen molar-refractivity contribution in [1.29, 1.82) is 0 Å². The minimum Gasteiger partial charge on any atom is -0.310 e. The first-order valence-electron chi connectivity index (χ1n) is 8.23. The lowest BCUT2D eigenvalue weighted by Gasteiger charge is -2.43. The van der Waals surface area contributed by atoms with Crippen LogP contribution in [0.1, 0.15) is 64.7 Å². The van der Waals surface area contributed by atoms with Crippen LogP contribution in [-0.4, -0.2) is 36.6 Å². The summed E-state index contributed by atoms with van der Waals surface area (Å²) >= 11 is 0. The van der Waals surface area contributed by atoms with E-state index >= 15 is 0 Å². The quantitative estimate of drug-likeness (QED) is 0.827. The van der Waals surface area contributed by atoms with E-state index < -0.39 is 0 Å².